The molecular weight excluding hydrogens is 214 g/mol. The molecule has 6 heteroatoms. The highest BCUT2D eigenvalue weighted by atomic mass is 16.7. The molecule has 0 aromatic carbocycles. The van der Waals surface area contributed by atoms with Crippen molar-refractivity contribution in [3.63, 3.8) is 0 Å². The SMILES string of the molecule is CC(=O)OCC1(C)CCN(OC(C)=O)CO1. The lowest BCUT2D eigenvalue weighted by molar-refractivity contribution is -0.259. The lowest BCUT2D eigenvalue weighted by Gasteiger charge is -2.37. The van der Waals surface area contributed by atoms with Gasteiger partial charge in [0.25, 0.3) is 0 Å². The van der Waals surface area contributed by atoms with E-state index in [0.29, 0.717) is 13.0 Å². The molecule has 0 aliphatic carbocycles. The maximum absolute atomic E-state index is 10.7. The van der Waals surface area contributed by atoms with Crippen LogP contribution >= 0.6 is 0 Å². The summed E-state index contributed by atoms with van der Waals surface area (Å²) in [5, 5.41) is 1.44. The Balaban J connectivity index is 2.34. The topological polar surface area (TPSA) is 65.1 Å². The van der Waals surface area contributed by atoms with E-state index in [4.69, 9.17) is 14.3 Å². The molecule has 0 saturated carbocycles. The Morgan fingerprint density at radius 2 is 2.06 bits per heavy atom. The summed E-state index contributed by atoms with van der Waals surface area (Å²) in [6.45, 7) is 5.54. The molecule has 0 N–H and O–H groups in total. The number of hydrogen-bond donors (Lipinski definition) is 0. The standard InChI is InChI=1S/C10H17NO5/c1-8(12)14-6-10(3)4-5-11(7-15-10)16-9(2)13/h4-7H2,1-3H3. The Hall–Kier alpha value is -1.14. The van der Waals surface area contributed by atoms with Gasteiger partial charge >= 0.3 is 11.9 Å². The van der Waals surface area contributed by atoms with Gasteiger partial charge in [-0.15, -0.1) is 5.06 Å². The second-order valence-corrected chi connectivity index (χ2v) is 4.04. The predicted molar refractivity (Wildman–Crippen MR) is 54.1 cm³/mol. The monoisotopic (exact) mass is 231 g/mol. The number of carbonyl (C=O) groups excluding carboxylic acids is 2. The molecule has 1 rings (SSSR count). The fraction of sp³-hybridized carbons (Fsp3) is 0.800. The van der Waals surface area contributed by atoms with E-state index in [1.165, 1.54) is 18.9 Å². The molecule has 1 aliphatic rings. The van der Waals surface area contributed by atoms with Gasteiger partial charge in [0.2, 0.25) is 0 Å². The highest BCUT2D eigenvalue weighted by Gasteiger charge is 2.33. The van der Waals surface area contributed by atoms with Gasteiger partial charge in [-0.3, -0.25) is 9.59 Å². The second-order valence-electron chi connectivity index (χ2n) is 4.04. The van der Waals surface area contributed by atoms with E-state index < -0.39 is 5.60 Å². The Morgan fingerprint density at radius 1 is 1.38 bits per heavy atom. The van der Waals surface area contributed by atoms with E-state index in [0.717, 1.165) is 0 Å². The number of hydrogen-bond acceptors (Lipinski definition) is 6. The molecule has 92 valence electrons. The highest BCUT2D eigenvalue weighted by Crippen LogP contribution is 2.22. The van der Waals surface area contributed by atoms with Gasteiger partial charge in [-0.25, -0.2) is 0 Å². The molecule has 0 aromatic heterocycles. The van der Waals surface area contributed by atoms with Crippen LogP contribution < -0.4 is 0 Å². The van der Waals surface area contributed by atoms with Crippen LogP contribution in [-0.2, 0) is 23.9 Å². The normalized spacial score (nSPS) is 26.2. The second kappa shape index (κ2) is 5.27. The summed E-state index contributed by atoms with van der Waals surface area (Å²) in [5.74, 6) is -0.695. The number of esters is 1. The third kappa shape index (κ3) is 4.16. The van der Waals surface area contributed by atoms with Crippen LogP contribution in [0.1, 0.15) is 27.2 Å². The van der Waals surface area contributed by atoms with Crippen molar-refractivity contribution in [1.29, 1.82) is 0 Å². The van der Waals surface area contributed by atoms with Gasteiger partial charge in [0.1, 0.15) is 18.9 Å². The average Bonchev–Trinajstić information content (AvgIpc) is 2.19. The molecule has 0 bridgehead atoms. The van der Waals surface area contributed by atoms with E-state index in [1.54, 1.807) is 0 Å². The summed E-state index contributed by atoms with van der Waals surface area (Å²) in [4.78, 5) is 26.3. The third-order valence-electron chi connectivity index (χ3n) is 2.29. The van der Waals surface area contributed by atoms with Crippen molar-refractivity contribution < 1.29 is 23.9 Å². The van der Waals surface area contributed by atoms with E-state index in [9.17, 15) is 9.59 Å². The molecule has 1 saturated heterocycles. The summed E-state index contributed by atoms with van der Waals surface area (Å²) in [6, 6.07) is 0. The number of nitrogens with zero attached hydrogens (tertiary/aromatic N) is 1. The van der Waals surface area contributed by atoms with Crippen LogP contribution in [0.4, 0.5) is 0 Å². The van der Waals surface area contributed by atoms with Crippen LogP contribution in [0.2, 0.25) is 0 Å². The molecule has 1 aliphatic heterocycles. The maximum Gasteiger partial charge on any atom is 0.322 e. The van der Waals surface area contributed by atoms with Crippen molar-refractivity contribution in [3.05, 3.63) is 0 Å². The zero-order valence-electron chi connectivity index (χ0n) is 9.82. The van der Waals surface area contributed by atoms with E-state index in [2.05, 4.69) is 0 Å². The maximum atomic E-state index is 10.7. The summed E-state index contributed by atoms with van der Waals surface area (Å²) >= 11 is 0. The number of rotatable bonds is 3. The first-order chi connectivity index (χ1) is 7.41. The van der Waals surface area contributed by atoms with Crippen molar-refractivity contribution >= 4 is 11.9 Å². The van der Waals surface area contributed by atoms with Crippen LogP contribution in [0.15, 0.2) is 0 Å². The highest BCUT2D eigenvalue weighted by molar-refractivity contribution is 5.66. The zero-order chi connectivity index (χ0) is 12.2. The van der Waals surface area contributed by atoms with Crippen molar-refractivity contribution in [2.24, 2.45) is 0 Å². The molecule has 0 radical (unpaired) electrons. The number of carbonyl (C=O) groups is 2. The predicted octanol–water partition coefficient (Wildman–Crippen LogP) is 0.466. The smallest absolute Gasteiger partial charge is 0.322 e. The molecule has 0 amide bonds. The fourth-order valence-corrected chi connectivity index (χ4v) is 1.35. The van der Waals surface area contributed by atoms with Gasteiger partial charge in [0, 0.05) is 20.4 Å². The van der Waals surface area contributed by atoms with Gasteiger partial charge in [-0.05, 0) is 13.3 Å². The minimum absolute atomic E-state index is 0.192. The number of hydroxylamine groups is 2. The lowest BCUT2D eigenvalue weighted by atomic mass is 10.0. The summed E-state index contributed by atoms with van der Waals surface area (Å²) in [6.07, 6.45) is 0.632. The number of ether oxygens (including phenoxy) is 2. The summed E-state index contributed by atoms with van der Waals surface area (Å²) in [7, 11) is 0. The van der Waals surface area contributed by atoms with Crippen LogP contribution in [0.25, 0.3) is 0 Å². The molecule has 16 heavy (non-hydrogen) atoms. The molecule has 1 atom stereocenters. The summed E-state index contributed by atoms with van der Waals surface area (Å²) in [5.41, 5.74) is -0.498. The van der Waals surface area contributed by atoms with Crippen molar-refractivity contribution in [1.82, 2.24) is 5.06 Å². The van der Waals surface area contributed by atoms with E-state index in [1.807, 2.05) is 6.92 Å². The van der Waals surface area contributed by atoms with Crippen LogP contribution in [0, 0.1) is 0 Å². The average molecular weight is 231 g/mol. The quantitative estimate of drug-likeness (QED) is 0.658. The Labute approximate surface area is 94.4 Å². The van der Waals surface area contributed by atoms with Crippen LogP contribution in [-0.4, -0.2) is 42.5 Å². The molecule has 0 spiro atoms. The molecule has 0 aromatic rings. The minimum Gasteiger partial charge on any atom is -0.463 e. The van der Waals surface area contributed by atoms with Gasteiger partial charge in [-0.1, -0.05) is 0 Å². The van der Waals surface area contributed by atoms with Gasteiger partial charge < -0.3 is 14.3 Å². The Bertz CT molecular complexity index is 270. The Kier molecular flexibility index (Phi) is 4.26. The first-order valence-corrected chi connectivity index (χ1v) is 5.12. The fourth-order valence-electron chi connectivity index (χ4n) is 1.35. The van der Waals surface area contributed by atoms with E-state index >= 15 is 0 Å². The first kappa shape index (κ1) is 12.9. The third-order valence-corrected chi connectivity index (χ3v) is 2.29. The van der Waals surface area contributed by atoms with Crippen molar-refractivity contribution in [2.45, 2.75) is 32.8 Å². The van der Waals surface area contributed by atoms with Crippen LogP contribution in [0.5, 0.6) is 0 Å². The zero-order valence-corrected chi connectivity index (χ0v) is 9.82. The van der Waals surface area contributed by atoms with Gasteiger partial charge in [-0.2, -0.15) is 0 Å². The van der Waals surface area contributed by atoms with Crippen LogP contribution in [0.3, 0.4) is 0 Å². The van der Waals surface area contributed by atoms with Crippen molar-refractivity contribution in [3.8, 4) is 0 Å². The molecule has 1 unspecified atom stereocenters. The van der Waals surface area contributed by atoms with E-state index in [-0.39, 0.29) is 25.3 Å². The molecule has 6 nitrogen and oxygen atoms in total. The Morgan fingerprint density at radius 3 is 2.50 bits per heavy atom. The molecular formula is C10H17NO5. The summed E-state index contributed by atoms with van der Waals surface area (Å²) < 4.78 is 10.4. The minimum atomic E-state index is -0.498. The van der Waals surface area contributed by atoms with Crippen molar-refractivity contribution in [2.75, 3.05) is 19.9 Å². The molecule has 1 fully saturated rings. The van der Waals surface area contributed by atoms with Gasteiger partial charge in [0.05, 0.1) is 0 Å². The first-order valence-electron chi connectivity index (χ1n) is 5.12. The largest absolute Gasteiger partial charge is 0.463 e. The lowest BCUT2D eigenvalue weighted by Crippen LogP contribution is -2.48. The van der Waals surface area contributed by atoms with Gasteiger partial charge in [0.15, 0.2) is 0 Å². The molecule has 1 heterocycles.